The Balaban J connectivity index is 1.72. The second-order valence-electron chi connectivity index (χ2n) is 5.00. The van der Waals surface area contributed by atoms with Gasteiger partial charge in [-0.15, -0.1) is 10.2 Å². The van der Waals surface area contributed by atoms with Crippen LogP contribution < -0.4 is 0 Å². The molecule has 0 aliphatic heterocycles. The van der Waals surface area contributed by atoms with Gasteiger partial charge < -0.3 is 4.52 Å². The van der Waals surface area contributed by atoms with Crippen LogP contribution in [0.25, 0.3) is 4.96 Å². The van der Waals surface area contributed by atoms with E-state index in [1.807, 2.05) is 18.4 Å². The third-order valence-electron chi connectivity index (χ3n) is 3.51. The number of aryl methyl sites for hydroxylation is 2. The third-order valence-corrected chi connectivity index (χ3v) is 4.41. The molecule has 0 N–H and O–H groups in total. The van der Waals surface area contributed by atoms with Gasteiger partial charge in [0.25, 0.3) is 0 Å². The number of rotatable bonds is 3. The highest BCUT2D eigenvalue weighted by molar-refractivity contribution is 7.16. The number of hydrogen-bond acceptors (Lipinski definition) is 6. The van der Waals surface area contributed by atoms with Crippen LogP contribution >= 0.6 is 11.3 Å². The van der Waals surface area contributed by atoms with E-state index in [-0.39, 0.29) is 0 Å². The molecule has 0 bridgehead atoms. The number of nitrogens with zero attached hydrogens (tertiary/aromatic N) is 5. The van der Waals surface area contributed by atoms with Crippen molar-refractivity contribution in [2.24, 2.45) is 0 Å². The van der Waals surface area contributed by atoms with Gasteiger partial charge in [0.15, 0.2) is 5.82 Å². The van der Waals surface area contributed by atoms with Crippen molar-refractivity contribution in [2.75, 3.05) is 0 Å². The summed E-state index contributed by atoms with van der Waals surface area (Å²) in [5.41, 5.74) is 2.06. The molecule has 0 saturated heterocycles. The largest absolute Gasteiger partial charge is 0.361 e. The minimum atomic E-state index is 0.559. The Morgan fingerprint density at radius 2 is 2.16 bits per heavy atom. The van der Waals surface area contributed by atoms with Crippen LogP contribution in [0.1, 0.15) is 46.6 Å². The molecule has 3 aromatic heterocycles. The van der Waals surface area contributed by atoms with Crippen molar-refractivity contribution in [3.8, 4) is 0 Å². The van der Waals surface area contributed by atoms with Crippen LogP contribution in [0.4, 0.5) is 0 Å². The summed E-state index contributed by atoms with van der Waals surface area (Å²) >= 11 is 1.59. The van der Waals surface area contributed by atoms with Crippen LogP contribution in [0.5, 0.6) is 0 Å². The number of aromatic nitrogens is 5. The van der Waals surface area contributed by atoms with Crippen LogP contribution in [0, 0.1) is 13.8 Å². The molecule has 1 saturated carbocycles. The molecule has 0 unspecified atom stereocenters. The lowest BCUT2D eigenvalue weighted by atomic mass is 10.1. The Labute approximate surface area is 113 Å². The fourth-order valence-corrected chi connectivity index (χ4v) is 3.10. The normalized spacial score (nSPS) is 15.5. The molecular weight excluding hydrogens is 262 g/mol. The average Bonchev–Trinajstić information content (AvgIpc) is 2.93. The van der Waals surface area contributed by atoms with Crippen molar-refractivity contribution in [1.29, 1.82) is 0 Å². The second-order valence-corrected chi connectivity index (χ2v) is 6.04. The Morgan fingerprint density at radius 1 is 1.32 bits per heavy atom. The summed E-state index contributed by atoms with van der Waals surface area (Å²) in [5.74, 6) is 2.44. The van der Waals surface area contributed by atoms with Gasteiger partial charge in [-0.05, 0) is 26.7 Å². The second kappa shape index (κ2) is 3.86. The zero-order valence-corrected chi connectivity index (χ0v) is 11.6. The van der Waals surface area contributed by atoms with Crippen molar-refractivity contribution in [3.63, 3.8) is 0 Å². The van der Waals surface area contributed by atoms with E-state index in [1.54, 1.807) is 11.3 Å². The zero-order chi connectivity index (χ0) is 13.0. The van der Waals surface area contributed by atoms with Gasteiger partial charge in [-0.3, -0.25) is 0 Å². The monoisotopic (exact) mass is 275 g/mol. The maximum absolute atomic E-state index is 5.19. The van der Waals surface area contributed by atoms with E-state index in [0.29, 0.717) is 5.92 Å². The maximum atomic E-state index is 5.19. The molecule has 3 heterocycles. The van der Waals surface area contributed by atoms with Crippen LogP contribution in [-0.4, -0.2) is 25.0 Å². The van der Waals surface area contributed by atoms with Gasteiger partial charge in [-0.25, -0.2) is 0 Å². The summed E-state index contributed by atoms with van der Waals surface area (Å²) in [7, 11) is 0. The van der Waals surface area contributed by atoms with Gasteiger partial charge in [-0.2, -0.15) is 9.61 Å². The molecule has 19 heavy (non-hydrogen) atoms. The van der Waals surface area contributed by atoms with Crippen LogP contribution in [0.15, 0.2) is 4.52 Å². The molecule has 0 atom stereocenters. The maximum Gasteiger partial charge on any atom is 0.234 e. The van der Waals surface area contributed by atoms with Gasteiger partial charge in [0.1, 0.15) is 10.8 Å². The summed E-state index contributed by atoms with van der Waals surface area (Å²) in [6.45, 7) is 3.90. The first-order chi connectivity index (χ1) is 9.22. The summed E-state index contributed by atoms with van der Waals surface area (Å²) in [6.07, 6.45) is 3.16. The molecule has 0 radical (unpaired) electrons. The molecule has 1 aliphatic carbocycles. The SMILES string of the molecule is Cc1noc(C)c1Cc1nn2c(C3CC3)nnc2s1. The Hall–Kier alpha value is -1.76. The van der Waals surface area contributed by atoms with Gasteiger partial charge in [0.05, 0.1) is 5.69 Å². The molecule has 7 heteroatoms. The van der Waals surface area contributed by atoms with Crippen molar-refractivity contribution < 1.29 is 4.52 Å². The third kappa shape index (κ3) is 1.76. The topological polar surface area (TPSA) is 69.1 Å². The Morgan fingerprint density at radius 3 is 2.84 bits per heavy atom. The van der Waals surface area contributed by atoms with Crippen molar-refractivity contribution in [3.05, 3.63) is 27.8 Å². The first kappa shape index (κ1) is 11.1. The summed E-state index contributed by atoms with van der Waals surface area (Å²) in [5, 5.41) is 18.1. The fraction of sp³-hybridized carbons (Fsp3) is 0.500. The summed E-state index contributed by atoms with van der Waals surface area (Å²) in [6, 6.07) is 0. The minimum Gasteiger partial charge on any atom is -0.361 e. The van der Waals surface area contributed by atoms with E-state index >= 15 is 0 Å². The summed E-state index contributed by atoms with van der Waals surface area (Å²) in [4.78, 5) is 0.878. The molecule has 0 aromatic carbocycles. The molecule has 6 nitrogen and oxygen atoms in total. The molecular formula is C12H13N5OS. The van der Waals surface area contributed by atoms with Crippen LogP contribution in [-0.2, 0) is 6.42 Å². The molecule has 1 aliphatic rings. The van der Waals surface area contributed by atoms with E-state index in [0.717, 1.165) is 39.2 Å². The zero-order valence-electron chi connectivity index (χ0n) is 10.8. The fourth-order valence-electron chi connectivity index (χ4n) is 2.24. The summed E-state index contributed by atoms with van der Waals surface area (Å²) < 4.78 is 7.09. The lowest BCUT2D eigenvalue weighted by Gasteiger charge is -1.95. The molecule has 98 valence electrons. The van der Waals surface area contributed by atoms with Crippen molar-refractivity contribution >= 4 is 16.3 Å². The van der Waals surface area contributed by atoms with E-state index in [2.05, 4.69) is 20.5 Å². The smallest absolute Gasteiger partial charge is 0.234 e. The van der Waals surface area contributed by atoms with Crippen LogP contribution in [0.2, 0.25) is 0 Å². The Kier molecular flexibility index (Phi) is 2.26. The molecule has 0 amide bonds. The van der Waals surface area contributed by atoms with Crippen molar-refractivity contribution in [2.45, 2.75) is 39.0 Å². The quantitative estimate of drug-likeness (QED) is 0.733. The Bertz CT molecular complexity index is 732. The lowest BCUT2D eigenvalue weighted by molar-refractivity contribution is 0.392. The van der Waals surface area contributed by atoms with Gasteiger partial charge in [0, 0.05) is 17.9 Å². The number of hydrogen-bond donors (Lipinski definition) is 0. The molecule has 1 fully saturated rings. The first-order valence-corrected chi connectivity index (χ1v) is 7.17. The van der Waals surface area contributed by atoms with Gasteiger partial charge in [0.2, 0.25) is 4.96 Å². The van der Waals surface area contributed by atoms with Crippen molar-refractivity contribution in [1.82, 2.24) is 25.0 Å². The van der Waals surface area contributed by atoms with Crippen LogP contribution in [0.3, 0.4) is 0 Å². The van der Waals surface area contributed by atoms with E-state index < -0.39 is 0 Å². The highest BCUT2D eigenvalue weighted by Gasteiger charge is 2.30. The molecule has 3 aromatic rings. The molecule has 0 spiro atoms. The van der Waals surface area contributed by atoms with Gasteiger partial charge >= 0.3 is 0 Å². The van der Waals surface area contributed by atoms with E-state index in [4.69, 9.17) is 4.52 Å². The predicted octanol–water partition coefficient (Wildman–Crippen LogP) is 2.26. The highest BCUT2D eigenvalue weighted by atomic mass is 32.1. The average molecular weight is 275 g/mol. The number of fused-ring (bicyclic) bond motifs is 1. The van der Waals surface area contributed by atoms with E-state index in [1.165, 1.54) is 12.8 Å². The van der Waals surface area contributed by atoms with E-state index in [9.17, 15) is 0 Å². The standard InChI is InChI=1S/C12H13N5OS/c1-6-9(7(2)18-16-6)5-10-15-17-11(8-3-4-8)13-14-12(17)19-10/h8H,3-5H2,1-2H3. The minimum absolute atomic E-state index is 0.559. The first-order valence-electron chi connectivity index (χ1n) is 6.35. The highest BCUT2D eigenvalue weighted by Crippen LogP contribution is 2.39. The lowest BCUT2D eigenvalue weighted by Crippen LogP contribution is -1.96. The molecule has 4 rings (SSSR count). The van der Waals surface area contributed by atoms with Gasteiger partial charge in [-0.1, -0.05) is 16.5 Å². The predicted molar refractivity (Wildman–Crippen MR) is 69.4 cm³/mol.